The summed E-state index contributed by atoms with van der Waals surface area (Å²) in [6.45, 7) is 13.7. The third-order valence-electron chi connectivity index (χ3n) is 4.56. The maximum atomic E-state index is 13.7. The van der Waals surface area contributed by atoms with E-state index in [0.29, 0.717) is 13.1 Å². The molecule has 2 N–H and O–H groups in total. The van der Waals surface area contributed by atoms with Gasteiger partial charge in [-0.15, -0.1) is 24.0 Å². The van der Waals surface area contributed by atoms with Gasteiger partial charge in [0.25, 0.3) is 0 Å². The molecule has 0 radical (unpaired) electrons. The van der Waals surface area contributed by atoms with Crippen LogP contribution in [0.4, 0.5) is 4.39 Å². The summed E-state index contributed by atoms with van der Waals surface area (Å²) < 4.78 is 24.8. The summed E-state index contributed by atoms with van der Waals surface area (Å²) in [6.07, 6.45) is -0.196. The predicted octanol–water partition coefficient (Wildman–Crippen LogP) is 2.88. The van der Waals surface area contributed by atoms with Gasteiger partial charge >= 0.3 is 0 Å². The number of ether oxygens (including phenoxy) is 2. The topological polar surface area (TPSA) is 58.1 Å². The molecule has 0 aliphatic carbocycles. The van der Waals surface area contributed by atoms with E-state index in [1.807, 2.05) is 13.8 Å². The average Bonchev–Trinajstić information content (AvgIpc) is 2.66. The van der Waals surface area contributed by atoms with E-state index in [4.69, 9.17) is 14.5 Å². The smallest absolute Gasteiger partial charge is 0.191 e. The van der Waals surface area contributed by atoms with Gasteiger partial charge in [-0.05, 0) is 39.8 Å². The van der Waals surface area contributed by atoms with Crippen LogP contribution in [0.2, 0.25) is 0 Å². The van der Waals surface area contributed by atoms with Crippen molar-refractivity contribution in [3.63, 3.8) is 0 Å². The average molecular weight is 508 g/mol. The van der Waals surface area contributed by atoms with Crippen LogP contribution < -0.4 is 15.4 Å². The van der Waals surface area contributed by atoms with E-state index in [1.54, 1.807) is 18.2 Å². The molecule has 160 valence electrons. The van der Waals surface area contributed by atoms with Crippen LogP contribution in [0.5, 0.6) is 5.75 Å². The monoisotopic (exact) mass is 508 g/mol. The molecule has 1 heterocycles. The van der Waals surface area contributed by atoms with Crippen molar-refractivity contribution in [2.75, 3.05) is 45.9 Å². The molecule has 6 nitrogen and oxygen atoms in total. The SMILES string of the molecule is CCNC(=NCC(C)(C)N1CCOCC1)NCC(C)Oc1ccccc1F.I. The van der Waals surface area contributed by atoms with E-state index >= 15 is 0 Å². The summed E-state index contributed by atoms with van der Waals surface area (Å²) in [7, 11) is 0. The van der Waals surface area contributed by atoms with Crippen molar-refractivity contribution in [2.24, 2.45) is 4.99 Å². The molecule has 1 aromatic carbocycles. The first-order valence-electron chi connectivity index (χ1n) is 9.68. The number of hydrogen-bond acceptors (Lipinski definition) is 4. The van der Waals surface area contributed by atoms with Gasteiger partial charge in [-0.1, -0.05) is 12.1 Å². The molecular weight excluding hydrogens is 474 g/mol. The van der Waals surface area contributed by atoms with E-state index in [2.05, 4.69) is 29.4 Å². The number of guanidine groups is 1. The Morgan fingerprint density at radius 1 is 1.29 bits per heavy atom. The lowest BCUT2D eigenvalue weighted by atomic mass is 10.0. The van der Waals surface area contributed by atoms with Gasteiger partial charge in [0.15, 0.2) is 17.5 Å². The Hall–Kier alpha value is -1.13. The van der Waals surface area contributed by atoms with Gasteiger partial charge in [0, 0.05) is 25.2 Å². The van der Waals surface area contributed by atoms with Gasteiger partial charge in [0.2, 0.25) is 0 Å². The number of benzene rings is 1. The predicted molar refractivity (Wildman–Crippen MR) is 122 cm³/mol. The van der Waals surface area contributed by atoms with Crippen LogP contribution in [0.15, 0.2) is 29.3 Å². The van der Waals surface area contributed by atoms with E-state index in [1.165, 1.54) is 6.07 Å². The third-order valence-corrected chi connectivity index (χ3v) is 4.56. The number of halogens is 2. The van der Waals surface area contributed by atoms with Crippen LogP contribution in [0.3, 0.4) is 0 Å². The maximum Gasteiger partial charge on any atom is 0.191 e. The van der Waals surface area contributed by atoms with Crippen molar-refractivity contribution in [3.8, 4) is 5.75 Å². The highest BCUT2D eigenvalue weighted by atomic mass is 127. The molecular formula is C20H34FIN4O2. The van der Waals surface area contributed by atoms with Crippen molar-refractivity contribution >= 4 is 29.9 Å². The van der Waals surface area contributed by atoms with Gasteiger partial charge < -0.3 is 20.1 Å². The first kappa shape index (κ1) is 24.9. The zero-order valence-corrected chi connectivity index (χ0v) is 19.7. The first-order valence-corrected chi connectivity index (χ1v) is 9.68. The van der Waals surface area contributed by atoms with E-state index < -0.39 is 0 Å². The number of morpholine rings is 1. The molecule has 1 aliphatic rings. The Morgan fingerprint density at radius 3 is 2.61 bits per heavy atom. The highest BCUT2D eigenvalue weighted by Crippen LogP contribution is 2.17. The van der Waals surface area contributed by atoms with Crippen molar-refractivity contribution in [1.82, 2.24) is 15.5 Å². The summed E-state index contributed by atoms with van der Waals surface area (Å²) in [5, 5.41) is 6.54. The zero-order chi connectivity index (χ0) is 19.7. The zero-order valence-electron chi connectivity index (χ0n) is 17.3. The lowest BCUT2D eigenvalue weighted by Gasteiger charge is -2.39. The minimum absolute atomic E-state index is 0. The van der Waals surface area contributed by atoms with Crippen LogP contribution in [-0.4, -0.2) is 68.4 Å². The molecule has 0 bridgehead atoms. The minimum Gasteiger partial charge on any atom is -0.486 e. The normalized spacial score (nSPS) is 16.8. The molecule has 1 aliphatic heterocycles. The van der Waals surface area contributed by atoms with E-state index in [0.717, 1.165) is 38.8 Å². The summed E-state index contributed by atoms with van der Waals surface area (Å²) in [5.41, 5.74) is -0.0403. The fourth-order valence-corrected chi connectivity index (χ4v) is 2.92. The van der Waals surface area contributed by atoms with Gasteiger partial charge in [-0.25, -0.2) is 4.39 Å². The number of hydrogen-bond donors (Lipinski definition) is 2. The molecule has 1 aromatic rings. The Kier molecular flexibility index (Phi) is 11.1. The number of rotatable bonds is 8. The van der Waals surface area contributed by atoms with Crippen LogP contribution >= 0.6 is 24.0 Å². The Morgan fingerprint density at radius 2 is 1.96 bits per heavy atom. The lowest BCUT2D eigenvalue weighted by Crippen LogP contribution is -2.52. The molecule has 2 rings (SSSR count). The molecule has 0 saturated carbocycles. The third kappa shape index (κ3) is 8.08. The highest BCUT2D eigenvalue weighted by Gasteiger charge is 2.28. The largest absolute Gasteiger partial charge is 0.486 e. The standard InChI is InChI=1S/C20H33FN4O2.HI/c1-5-22-19(24-15-20(3,4)25-10-12-26-13-11-25)23-14-16(2)27-18-9-7-6-8-17(18)21;/h6-9,16H,5,10-15H2,1-4H3,(H2,22,23,24);1H. The number of nitrogens with zero attached hydrogens (tertiary/aromatic N) is 2. The van der Waals surface area contributed by atoms with Gasteiger partial charge in [-0.2, -0.15) is 0 Å². The van der Waals surface area contributed by atoms with Crippen LogP contribution in [-0.2, 0) is 4.74 Å². The van der Waals surface area contributed by atoms with E-state index in [9.17, 15) is 4.39 Å². The Balaban J connectivity index is 0.00000392. The summed E-state index contributed by atoms with van der Waals surface area (Å²) in [5.74, 6) is 0.655. The van der Waals surface area contributed by atoms with Crippen LogP contribution in [0.25, 0.3) is 0 Å². The van der Waals surface area contributed by atoms with E-state index in [-0.39, 0.29) is 47.2 Å². The summed E-state index contributed by atoms with van der Waals surface area (Å²) >= 11 is 0. The van der Waals surface area contributed by atoms with Gasteiger partial charge in [-0.3, -0.25) is 9.89 Å². The lowest BCUT2D eigenvalue weighted by molar-refractivity contribution is -0.00684. The number of aliphatic imine (C=N–C) groups is 1. The van der Waals surface area contributed by atoms with Gasteiger partial charge in [0.1, 0.15) is 6.10 Å². The minimum atomic E-state index is -0.350. The fraction of sp³-hybridized carbons (Fsp3) is 0.650. The molecule has 1 saturated heterocycles. The Labute approximate surface area is 185 Å². The van der Waals surface area contributed by atoms with Gasteiger partial charge in [0.05, 0.1) is 26.3 Å². The summed E-state index contributed by atoms with van der Waals surface area (Å²) in [6, 6.07) is 6.44. The number of nitrogens with one attached hydrogen (secondary N) is 2. The molecule has 8 heteroatoms. The molecule has 0 spiro atoms. The highest BCUT2D eigenvalue weighted by molar-refractivity contribution is 14.0. The second-order valence-corrected chi connectivity index (χ2v) is 7.35. The number of para-hydroxylation sites is 1. The summed E-state index contributed by atoms with van der Waals surface area (Å²) in [4.78, 5) is 7.15. The van der Waals surface area contributed by atoms with Crippen LogP contribution in [0.1, 0.15) is 27.7 Å². The van der Waals surface area contributed by atoms with Crippen molar-refractivity contribution in [2.45, 2.75) is 39.3 Å². The molecule has 28 heavy (non-hydrogen) atoms. The quantitative estimate of drug-likeness (QED) is 0.322. The first-order chi connectivity index (χ1) is 12.9. The van der Waals surface area contributed by atoms with Crippen LogP contribution in [0, 0.1) is 5.82 Å². The molecule has 1 fully saturated rings. The van der Waals surface area contributed by atoms with Crippen molar-refractivity contribution in [1.29, 1.82) is 0 Å². The fourth-order valence-electron chi connectivity index (χ4n) is 2.92. The molecule has 1 atom stereocenters. The molecule has 0 amide bonds. The second kappa shape index (κ2) is 12.4. The Bertz CT molecular complexity index is 610. The molecule has 0 aromatic heterocycles. The van der Waals surface area contributed by atoms with Crippen molar-refractivity contribution < 1.29 is 13.9 Å². The molecule has 1 unspecified atom stereocenters. The van der Waals surface area contributed by atoms with Crippen molar-refractivity contribution in [3.05, 3.63) is 30.1 Å². The second-order valence-electron chi connectivity index (χ2n) is 7.35. The maximum absolute atomic E-state index is 13.7.